The van der Waals surface area contributed by atoms with Crippen molar-refractivity contribution < 1.29 is 14.3 Å². The molecule has 0 heterocycles. The number of allylic oxidation sites excluding steroid dienone is 6. The standard InChI is InChI=1S/C19H30O3/c1-6-22-19(21)14-18(20)13-17(5)12-8-11-16(4)10-7-9-15(2)3/h9,11,13H,6-8,10,12,14H2,1-5H3/b16-11+,17-13+. The normalized spacial score (nSPS) is 12.0. The van der Waals surface area contributed by atoms with Crippen molar-refractivity contribution in [1.29, 1.82) is 0 Å². The van der Waals surface area contributed by atoms with Gasteiger partial charge in [0.2, 0.25) is 0 Å². The molecule has 124 valence electrons. The molecule has 0 bridgehead atoms. The summed E-state index contributed by atoms with van der Waals surface area (Å²) in [5.41, 5.74) is 3.73. The first-order valence-electron chi connectivity index (χ1n) is 7.99. The fourth-order valence-electron chi connectivity index (χ4n) is 1.99. The van der Waals surface area contributed by atoms with Crippen LogP contribution in [-0.4, -0.2) is 18.4 Å². The van der Waals surface area contributed by atoms with Crippen LogP contribution in [0.5, 0.6) is 0 Å². The Morgan fingerprint density at radius 3 is 2.09 bits per heavy atom. The van der Waals surface area contributed by atoms with Crippen LogP contribution in [0.25, 0.3) is 0 Å². The Morgan fingerprint density at radius 2 is 1.50 bits per heavy atom. The second-order valence-electron chi connectivity index (χ2n) is 5.85. The molecule has 0 radical (unpaired) electrons. The largest absolute Gasteiger partial charge is 0.466 e. The van der Waals surface area contributed by atoms with E-state index in [1.807, 2.05) is 6.92 Å². The van der Waals surface area contributed by atoms with E-state index in [1.54, 1.807) is 13.0 Å². The summed E-state index contributed by atoms with van der Waals surface area (Å²) in [6, 6.07) is 0. The number of hydrogen-bond donors (Lipinski definition) is 0. The lowest BCUT2D eigenvalue weighted by Gasteiger charge is -2.02. The number of hydrogen-bond acceptors (Lipinski definition) is 3. The summed E-state index contributed by atoms with van der Waals surface area (Å²) in [5.74, 6) is -0.633. The van der Waals surface area contributed by atoms with Gasteiger partial charge in [-0.1, -0.05) is 28.9 Å². The van der Waals surface area contributed by atoms with E-state index in [2.05, 4.69) is 32.9 Å². The number of ether oxygens (including phenoxy) is 1. The van der Waals surface area contributed by atoms with Crippen molar-refractivity contribution in [1.82, 2.24) is 0 Å². The molecular weight excluding hydrogens is 276 g/mol. The van der Waals surface area contributed by atoms with E-state index in [9.17, 15) is 9.59 Å². The van der Waals surface area contributed by atoms with Crippen molar-refractivity contribution in [3.63, 3.8) is 0 Å². The molecule has 0 aromatic heterocycles. The Hall–Kier alpha value is -1.64. The Kier molecular flexibility index (Phi) is 11.1. The zero-order chi connectivity index (χ0) is 17.0. The van der Waals surface area contributed by atoms with Gasteiger partial charge in [0.1, 0.15) is 6.42 Å². The molecule has 0 spiro atoms. The Morgan fingerprint density at radius 1 is 0.909 bits per heavy atom. The average molecular weight is 306 g/mol. The van der Waals surface area contributed by atoms with E-state index >= 15 is 0 Å². The summed E-state index contributed by atoms with van der Waals surface area (Å²) >= 11 is 0. The number of carbonyl (C=O) groups is 2. The predicted octanol–water partition coefficient (Wildman–Crippen LogP) is 4.93. The van der Waals surface area contributed by atoms with Gasteiger partial charge in [-0.15, -0.1) is 0 Å². The van der Waals surface area contributed by atoms with Crippen molar-refractivity contribution in [3.8, 4) is 0 Å². The van der Waals surface area contributed by atoms with Gasteiger partial charge in [0.05, 0.1) is 6.61 Å². The minimum atomic E-state index is -0.452. The lowest BCUT2D eigenvalue weighted by atomic mass is 10.1. The fraction of sp³-hybridized carbons (Fsp3) is 0.579. The molecule has 0 aliphatic heterocycles. The first-order valence-corrected chi connectivity index (χ1v) is 7.99. The smallest absolute Gasteiger partial charge is 0.313 e. The second kappa shape index (κ2) is 12.0. The third-order valence-corrected chi connectivity index (χ3v) is 3.15. The monoisotopic (exact) mass is 306 g/mol. The van der Waals surface area contributed by atoms with Crippen molar-refractivity contribution in [2.75, 3.05) is 6.61 Å². The van der Waals surface area contributed by atoms with Crippen molar-refractivity contribution in [3.05, 3.63) is 34.9 Å². The zero-order valence-electron chi connectivity index (χ0n) is 14.7. The zero-order valence-corrected chi connectivity index (χ0v) is 14.7. The van der Waals surface area contributed by atoms with E-state index in [-0.39, 0.29) is 12.2 Å². The van der Waals surface area contributed by atoms with Crippen molar-refractivity contribution >= 4 is 11.8 Å². The highest BCUT2D eigenvalue weighted by Crippen LogP contribution is 2.11. The Bertz CT molecular complexity index is 449. The van der Waals surface area contributed by atoms with Crippen molar-refractivity contribution in [2.24, 2.45) is 0 Å². The molecule has 0 aromatic rings. The molecule has 3 heteroatoms. The summed E-state index contributed by atoms with van der Waals surface area (Å²) in [5, 5.41) is 0. The van der Waals surface area contributed by atoms with E-state index in [0.717, 1.165) is 31.3 Å². The predicted molar refractivity (Wildman–Crippen MR) is 91.7 cm³/mol. The molecular formula is C19H30O3. The van der Waals surface area contributed by atoms with Crippen LogP contribution in [0.3, 0.4) is 0 Å². The van der Waals surface area contributed by atoms with Gasteiger partial charge in [-0.2, -0.15) is 0 Å². The van der Waals surface area contributed by atoms with Gasteiger partial charge in [-0.3, -0.25) is 9.59 Å². The summed E-state index contributed by atoms with van der Waals surface area (Å²) in [7, 11) is 0. The molecule has 0 aromatic carbocycles. The van der Waals surface area contributed by atoms with Crippen LogP contribution in [0, 0.1) is 0 Å². The summed E-state index contributed by atoms with van der Waals surface area (Å²) < 4.78 is 4.76. The van der Waals surface area contributed by atoms with Crippen LogP contribution >= 0.6 is 0 Å². The minimum Gasteiger partial charge on any atom is -0.466 e. The van der Waals surface area contributed by atoms with E-state index in [1.165, 1.54) is 11.1 Å². The molecule has 0 atom stereocenters. The SMILES string of the molecule is CCOC(=O)CC(=O)/C=C(\C)CC/C=C(\C)CCC=C(C)C. The second-order valence-corrected chi connectivity index (χ2v) is 5.85. The lowest BCUT2D eigenvalue weighted by molar-refractivity contribution is -0.144. The minimum absolute atomic E-state index is 0.164. The van der Waals surface area contributed by atoms with Gasteiger partial charge in [0.25, 0.3) is 0 Å². The summed E-state index contributed by atoms with van der Waals surface area (Å²) in [4.78, 5) is 22.8. The topological polar surface area (TPSA) is 43.4 Å². The van der Waals surface area contributed by atoms with Gasteiger partial charge in [-0.25, -0.2) is 0 Å². The van der Waals surface area contributed by atoms with Crippen LogP contribution in [0.15, 0.2) is 34.9 Å². The first-order chi connectivity index (χ1) is 10.3. The van der Waals surface area contributed by atoms with Crippen LogP contribution in [0.4, 0.5) is 0 Å². The third-order valence-electron chi connectivity index (χ3n) is 3.15. The third kappa shape index (κ3) is 12.1. The maximum Gasteiger partial charge on any atom is 0.313 e. The molecule has 0 N–H and O–H groups in total. The van der Waals surface area contributed by atoms with Gasteiger partial charge in [0.15, 0.2) is 5.78 Å². The van der Waals surface area contributed by atoms with Gasteiger partial charge in [-0.05, 0) is 66.4 Å². The molecule has 0 aliphatic carbocycles. The molecule has 0 aliphatic rings. The first kappa shape index (κ1) is 20.4. The van der Waals surface area contributed by atoms with Crippen LogP contribution in [0.1, 0.15) is 66.7 Å². The highest BCUT2D eigenvalue weighted by molar-refractivity contribution is 6.02. The lowest BCUT2D eigenvalue weighted by Crippen LogP contribution is -2.09. The highest BCUT2D eigenvalue weighted by Gasteiger charge is 2.07. The van der Waals surface area contributed by atoms with Crippen LogP contribution < -0.4 is 0 Å². The number of rotatable bonds is 10. The van der Waals surface area contributed by atoms with E-state index in [4.69, 9.17) is 4.74 Å². The van der Waals surface area contributed by atoms with Crippen molar-refractivity contribution in [2.45, 2.75) is 66.7 Å². The highest BCUT2D eigenvalue weighted by atomic mass is 16.5. The van der Waals surface area contributed by atoms with Gasteiger partial charge >= 0.3 is 5.97 Å². The van der Waals surface area contributed by atoms with E-state index in [0.29, 0.717) is 6.61 Å². The fourth-order valence-corrected chi connectivity index (χ4v) is 1.99. The number of esters is 1. The molecule has 0 rings (SSSR count). The molecule has 0 amide bonds. The average Bonchev–Trinajstić information content (AvgIpc) is 2.37. The quantitative estimate of drug-likeness (QED) is 0.249. The molecule has 0 saturated carbocycles. The summed E-state index contributed by atoms with van der Waals surface area (Å²) in [6.07, 6.45) is 9.80. The van der Waals surface area contributed by atoms with Gasteiger partial charge < -0.3 is 4.74 Å². The molecule has 22 heavy (non-hydrogen) atoms. The molecule has 0 fully saturated rings. The molecule has 0 unspecified atom stereocenters. The molecule has 0 saturated heterocycles. The van der Waals surface area contributed by atoms with Crippen LogP contribution in [0.2, 0.25) is 0 Å². The maximum absolute atomic E-state index is 11.6. The number of carbonyl (C=O) groups excluding carboxylic acids is 2. The van der Waals surface area contributed by atoms with Gasteiger partial charge in [0, 0.05) is 0 Å². The maximum atomic E-state index is 11.6. The van der Waals surface area contributed by atoms with E-state index < -0.39 is 5.97 Å². The molecule has 3 nitrogen and oxygen atoms in total. The van der Waals surface area contributed by atoms with Crippen LogP contribution in [-0.2, 0) is 14.3 Å². The summed E-state index contributed by atoms with van der Waals surface area (Å²) in [6.45, 7) is 10.3. The Labute approximate surface area is 135 Å². The Balaban J connectivity index is 4.12. The number of ketones is 1.